The zero-order chi connectivity index (χ0) is 23.0. The lowest BCUT2D eigenvalue weighted by Crippen LogP contribution is -2.33. The fourth-order valence-electron chi connectivity index (χ4n) is 3.21. The molecule has 2 heterocycles. The number of nitrogens with one attached hydrogen (secondary N) is 1. The van der Waals surface area contributed by atoms with Crippen molar-refractivity contribution >= 4 is 46.6 Å². The number of para-hydroxylation sites is 1. The van der Waals surface area contributed by atoms with Gasteiger partial charge in [0, 0.05) is 22.1 Å². The van der Waals surface area contributed by atoms with Crippen molar-refractivity contribution in [3.8, 4) is 0 Å². The summed E-state index contributed by atoms with van der Waals surface area (Å²) in [5.41, 5.74) is 2.72. The largest absolute Gasteiger partial charge is 0.350 e. The van der Waals surface area contributed by atoms with Crippen molar-refractivity contribution in [1.29, 1.82) is 0 Å². The van der Waals surface area contributed by atoms with Gasteiger partial charge in [-0.05, 0) is 68.4 Å². The molecule has 2 aromatic carbocycles. The van der Waals surface area contributed by atoms with E-state index < -0.39 is 17.6 Å². The predicted molar refractivity (Wildman–Crippen MR) is 123 cm³/mol. The van der Waals surface area contributed by atoms with Gasteiger partial charge in [-0.3, -0.25) is 9.59 Å². The number of aryl methyl sites for hydroxylation is 3. The Hall–Kier alpha value is -3.23. The van der Waals surface area contributed by atoms with E-state index in [1.54, 1.807) is 30.3 Å². The highest BCUT2D eigenvalue weighted by molar-refractivity contribution is 8.04. The number of benzene rings is 2. The summed E-state index contributed by atoms with van der Waals surface area (Å²) in [5.74, 6) is -2.02. The van der Waals surface area contributed by atoms with Crippen LogP contribution in [0.2, 0.25) is 5.02 Å². The molecule has 1 aliphatic heterocycles. The SMILES string of the molecule is Cc1cc(C)nc(SC2=C(Nc3ccc(C)c(Cl)c3)C(=O)N(c3ccccc3F)C2=O)n1. The number of imide groups is 1. The first kappa shape index (κ1) is 22.0. The quantitative estimate of drug-likeness (QED) is 0.410. The number of aromatic nitrogens is 2. The first-order valence-electron chi connectivity index (χ1n) is 9.65. The molecule has 0 aliphatic carbocycles. The molecule has 2 amide bonds. The molecule has 0 fully saturated rings. The molecule has 0 saturated heterocycles. The standard InChI is InChI=1S/C23H18ClFN4O2S/c1-12-8-9-15(11-16(12)24)28-19-20(32-23-26-13(2)10-14(3)27-23)22(31)29(21(19)30)18-7-5-4-6-17(18)25/h4-11,28H,1-3H3. The number of hydrogen-bond acceptors (Lipinski definition) is 6. The zero-order valence-electron chi connectivity index (χ0n) is 17.4. The van der Waals surface area contributed by atoms with E-state index in [2.05, 4.69) is 15.3 Å². The van der Waals surface area contributed by atoms with Crippen molar-refractivity contribution < 1.29 is 14.0 Å². The van der Waals surface area contributed by atoms with Gasteiger partial charge >= 0.3 is 0 Å². The van der Waals surface area contributed by atoms with E-state index in [-0.39, 0.29) is 16.3 Å². The predicted octanol–water partition coefficient (Wildman–Crippen LogP) is 5.18. The Morgan fingerprint density at radius 1 is 0.969 bits per heavy atom. The maximum Gasteiger partial charge on any atom is 0.283 e. The van der Waals surface area contributed by atoms with Gasteiger partial charge < -0.3 is 5.32 Å². The van der Waals surface area contributed by atoms with Gasteiger partial charge in [0.15, 0.2) is 5.16 Å². The lowest BCUT2D eigenvalue weighted by Gasteiger charge is -2.16. The van der Waals surface area contributed by atoms with Crippen LogP contribution in [0.4, 0.5) is 15.8 Å². The van der Waals surface area contributed by atoms with E-state index in [0.29, 0.717) is 15.9 Å². The highest BCUT2D eigenvalue weighted by Crippen LogP contribution is 2.37. The second-order valence-electron chi connectivity index (χ2n) is 7.23. The minimum absolute atomic E-state index is 0.00549. The van der Waals surface area contributed by atoms with Gasteiger partial charge in [-0.25, -0.2) is 19.3 Å². The second-order valence-corrected chi connectivity index (χ2v) is 8.61. The number of halogens is 2. The molecule has 6 nitrogen and oxygen atoms in total. The van der Waals surface area contributed by atoms with Crippen molar-refractivity contribution in [1.82, 2.24) is 9.97 Å². The molecule has 0 unspecified atom stereocenters. The Balaban J connectivity index is 1.79. The molecule has 3 aromatic rings. The van der Waals surface area contributed by atoms with Crippen LogP contribution in [0.5, 0.6) is 0 Å². The van der Waals surface area contributed by atoms with Crippen LogP contribution in [0.3, 0.4) is 0 Å². The summed E-state index contributed by atoms with van der Waals surface area (Å²) in [7, 11) is 0. The molecule has 0 spiro atoms. The molecule has 1 aliphatic rings. The molecule has 0 atom stereocenters. The Morgan fingerprint density at radius 2 is 1.66 bits per heavy atom. The van der Waals surface area contributed by atoms with Gasteiger partial charge in [0.1, 0.15) is 16.4 Å². The zero-order valence-corrected chi connectivity index (χ0v) is 19.0. The minimum atomic E-state index is -0.680. The molecule has 4 rings (SSSR count). The lowest BCUT2D eigenvalue weighted by molar-refractivity contribution is -0.120. The highest BCUT2D eigenvalue weighted by Gasteiger charge is 2.41. The second kappa shape index (κ2) is 8.72. The summed E-state index contributed by atoms with van der Waals surface area (Å²) in [6, 6.07) is 12.6. The number of carbonyl (C=O) groups is 2. The number of amides is 2. The summed E-state index contributed by atoms with van der Waals surface area (Å²) in [5, 5.41) is 3.81. The first-order valence-corrected chi connectivity index (χ1v) is 10.8. The molecule has 0 radical (unpaired) electrons. The van der Waals surface area contributed by atoms with Crippen LogP contribution >= 0.6 is 23.4 Å². The Morgan fingerprint density at radius 3 is 2.31 bits per heavy atom. The Labute approximate surface area is 193 Å². The molecular weight excluding hydrogens is 451 g/mol. The molecule has 9 heteroatoms. The number of nitrogens with zero attached hydrogens (tertiary/aromatic N) is 3. The molecule has 0 bridgehead atoms. The number of carbonyl (C=O) groups excluding carboxylic acids is 2. The Bertz CT molecular complexity index is 1270. The van der Waals surface area contributed by atoms with E-state index in [1.807, 2.05) is 20.8 Å². The molecule has 1 N–H and O–H groups in total. The van der Waals surface area contributed by atoms with Crippen LogP contribution in [0.15, 0.2) is 64.3 Å². The molecule has 32 heavy (non-hydrogen) atoms. The number of hydrogen-bond donors (Lipinski definition) is 1. The maximum atomic E-state index is 14.5. The molecule has 1 aromatic heterocycles. The summed E-state index contributed by atoms with van der Waals surface area (Å²) < 4.78 is 14.5. The first-order chi connectivity index (χ1) is 15.2. The van der Waals surface area contributed by atoms with E-state index in [0.717, 1.165) is 33.6 Å². The van der Waals surface area contributed by atoms with E-state index in [4.69, 9.17) is 11.6 Å². The van der Waals surface area contributed by atoms with E-state index in [1.165, 1.54) is 18.2 Å². The van der Waals surface area contributed by atoms with Crippen molar-refractivity contribution in [2.45, 2.75) is 25.9 Å². The molecule has 162 valence electrons. The summed E-state index contributed by atoms with van der Waals surface area (Å²) in [6.45, 7) is 5.48. The number of thioether (sulfide) groups is 1. The van der Waals surface area contributed by atoms with Crippen molar-refractivity contribution in [2.75, 3.05) is 10.2 Å². The van der Waals surface area contributed by atoms with Gasteiger partial charge in [-0.1, -0.05) is 29.8 Å². The molecular formula is C23H18ClFN4O2S. The smallest absolute Gasteiger partial charge is 0.283 e. The van der Waals surface area contributed by atoms with Crippen LogP contribution in [0, 0.1) is 26.6 Å². The third-order valence-corrected chi connectivity index (χ3v) is 6.09. The minimum Gasteiger partial charge on any atom is -0.350 e. The fourth-order valence-corrected chi connectivity index (χ4v) is 4.37. The van der Waals surface area contributed by atoms with Crippen LogP contribution in [-0.4, -0.2) is 21.8 Å². The summed E-state index contributed by atoms with van der Waals surface area (Å²) in [4.78, 5) is 36.2. The van der Waals surface area contributed by atoms with Crippen LogP contribution in [0.25, 0.3) is 0 Å². The van der Waals surface area contributed by atoms with Gasteiger partial charge in [0.2, 0.25) is 0 Å². The normalized spacial score (nSPS) is 13.8. The van der Waals surface area contributed by atoms with E-state index >= 15 is 0 Å². The van der Waals surface area contributed by atoms with Crippen LogP contribution < -0.4 is 10.2 Å². The van der Waals surface area contributed by atoms with Crippen molar-refractivity contribution in [3.05, 3.63) is 86.9 Å². The van der Waals surface area contributed by atoms with Crippen LogP contribution in [-0.2, 0) is 9.59 Å². The maximum absolute atomic E-state index is 14.5. The van der Waals surface area contributed by atoms with Crippen LogP contribution in [0.1, 0.15) is 17.0 Å². The Kier molecular flexibility index (Phi) is 5.99. The van der Waals surface area contributed by atoms with Gasteiger partial charge in [0.05, 0.1) is 5.69 Å². The van der Waals surface area contributed by atoms with Gasteiger partial charge in [-0.2, -0.15) is 0 Å². The van der Waals surface area contributed by atoms with Gasteiger partial charge in [-0.15, -0.1) is 0 Å². The van der Waals surface area contributed by atoms with Crippen molar-refractivity contribution in [2.24, 2.45) is 0 Å². The lowest BCUT2D eigenvalue weighted by atomic mass is 10.2. The topological polar surface area (TPSA) is 75.2 Å². The average molecular weight is 469 g/mol. The third kappa shape index (κ3) is 4.24. The number of rotatable bonds is 5. The molecule has 0 saturated carbocycles. The van der Waals surface area contributed by atoms with E-state index in [9.17, 15) is 14.0 Å². The highest BCUT2D eigenvalue weighted by atomic mass is 35.5. The third-order valence-electron chi connectivity index (χ3n) is 4.73. The summed E-state index contributed by atoms with van der Waals surface area (Å²) in [6.07, 6.45) is 0. The van der Waals surface area contributed by atoms with Crippen molar-refractivity contribution in [3.63, 3.8) is 0 Å². The average Bonchev–Trinajstić information content (AvgIpc) is 2.94. The number of anilines is 2. The monoisotopic (exact) mass is 468 g/mol. The van der Waals surface area contributed by atoms with Gasteiger partial charge in [0.25, 0.3) is 11.8 Å². The fraction of sp³-hybridized carbons (Fsp3) is 0.130. The summed E-state index contributed by atoms with van der Waals surface area (Å²) >= 11 is 7.18.